The highest BCUT2D eigenvalue weighted by Gasteiger charge is 2.36. The van der Waals surface area contributed by atoms with Crippen molar-refractivity contribution in [2.24, 2.45) is 0 Å². The molecule has 26 heavy (non-hydrogen) atoms. The third kappa shape index (κ3) is 2.25. The molecule has 2 N–H and O–H groups in total. The summed E-state index contributed by atoms with van der Waals surface area (Å²) in [5, 5.41) is 11.4. The third-order valence-corrected chi connectivity index (χ3v) is 5.66. The smallest absolute Gasteiger partial charge is 0.255 e. The van der Waals surface area contributed by atoms with Gasteiger partial charge in [0.2, 0.25) is 5.95 Å². The number of aromatic amines is 1. The molecule has 6 heteroatoms. The van der Waals surface area contributed by atoms with Crippen molar-refractivity contribution in [1.29, 1.82) is 0 Å². The maximum atomic E-state index is 12.0. The molecular formula is C20H20N4O2. The Hall–Kier alpha value is -2.73. The molecule has 3 heterocycles. The van der Waals surface area contributed by atoms with Crippen molar-refractivity contribution >= 4 is 16.7 Å². The van der Waals surface area contributed by atoms with Crippen LogP contribution >= 0.6 is 0 Å². The van der Waals surface area contributed by atoms with Gasteiger partial charge < -0.3 is 15.0 Å². The van der Waals surface area contributed by atoms with E-state index in [1.165, 1.54) is 5.56 Å². The van der Waals surface area contributed by atoms with E-state index in [1.807, 2.05) is 31.2 Å². The highest BCUT2D eigenvalue weighted by Crippen LogP contribution is 2.34. The van der Waals surface area contributed by atoms with Crippen molar-refractivity contribution < 1.29 is 5.11 Å². The summed E-state index contributed by atoms with van der Waals surface area (Å²) in [4.78, 5) is 26.4. The molecule has 3 aromatic rings. The van der Waals surface area contributed by atoms with Crippen LogP contribution in [0.3, 0.4) is 0 Å². The number of fused-ring (bicyclic) bond motifs is 2. The second-order valence-corrected chi connectivity index (χ2v) is 7.22. The Balaban J connectivity index is 1.66. The molecule has 0 bridgehead atoms. The van der Waals surface area contributed by atoms with Gasteiger partial charge in [-0.1, -0.05) is 6.07 Å². The minimum atomic E-state index is -0.317. The number of aliphatic hydroxyl groups excluding tert-OH is 1. The van der Waals surface area contributed by atoms with Gasteiger partial charge in [-0.3, -0.25) is 4.79 Å². The summed E-state index contributed by atoms with van der Waals surface area (Å²) in [6, 6.07) is 7.82. The van der Waals surface area contributed by atoms with E-state index in [4.69, 9.17) is 9.97 Å². The molecule has 1 saturated heterocycles. The number of aliphatic hydroxyl groups is 1. The monoisotopic (exact) mass is 348 g/mol. The fourth-order valence-corrected chi connectivity index (χ4v) is 3.98. The summed E-state index contributed by atoms with van der Waals surface area (Å²) in [5.74, 6) is 0.699. The van der Waals surface area contributed by atoms with Gasteiger partial charge in [-0.2, -0.15) is 0 Å². The van der Waals surface area contributed by atoms with Crippen LogP contribution in [0.1, 0.15) is 24.6 Å². The van der Waals surface area contributed by atoms with Gasteiger partial charge in [0.15, 0.2) is 0 Å². The number of hydrogen-bond acceptors (Lipinski definition) is 5. The number of aryl methyl sites for hydroxylation is 1. The first-order valence-corrected chi connectivity index (χ1v) is 9.08. The van der Waals surface area contributed by atoms with Crippen molar-refractivity contribution in [1.82, 2.24) is 15.0 Å². The molecule has 1 aliphatic heterocycles. The third-order valence-electron chi connectivity index (χ3n) is 5.66. The second kappa shape index (κ2) is 5.64. The zero-order valence-electron chi connectivity index (χ0n) is 14.6. The van der Waals surface area contributed by atoms with Crippen LogP contribution in [0, 0.1) is 0 Å². The lowest BCUT2D eigenvalue weighted by atomic mass is 10.0. The van der Waals surface area contributed by atoms with E-state index in [1.54, 1.807) is 6.20 Å². The van der Waals surface area contributed by atoms with Crippen molar-refractivity contribution in [2.75, 3.05) is 11.4 Å². The van der Waals surface area contributed by atoms with Crippen LogP contribution in [0.4, 0.5) is 5.95 Å². The number of nitrogens with zero attached hydrogens (tertiary/aromatic N) is 3. The first-order valence-electron chi connectivity index (χ1n) is 9.08. The van der Waals surface area contributed by atoms with E-state index in [2.05, 4.69) is 9.88 Å². The topological polar surface area (TPSA) is 82.1 Å². The number of rotatable bonds is 2. The van der Waals surface area contributed by atoms with E-state index < -0.39 is 0 Å². The molecule has 1 aromatic carbocycles. The Bertz CT molecular complexity index is 1080. The number of β-amino-alcohol motifs (C(OH)–C–C–N with tert-alkyl or cyclic N) is 1. The molecule has 0 spiro atoms. The van der Waals surface area contributed by atoms with Gasteiger partial charge in [0, 0.05) is 34.9 Å². The molecule has 2 atom stereocenters. The predicted molar refractivity (Wildman–Crippen MR) is 100 cm³/mol. The van der Waals surface area contributed by atoms with Crippen LogP contribution in [-0.2, 0) is 12.8 Å². The fourth-order valence-electron chi connectivity index (χ4n) is 3.98. The molecular weight excluding hydrogens is 328 g/mol. The molecule has 2 aromatic heterocycles. The van der Waals surface area contributed by atoms with Crippen LogP contribution in [0.2, 0.25) is 0 Å². The molecule has 1 aliphatic carbocycles. The Kier molecular flexibility index (Phi) is 3.37. The summed E-state index contributed by atoms with van der Waals surface area (Å²) in [6.07, 6.45) is 4.40. The SMILES string of the molecule is C[C@H]1[C@H](O)CN1c1nc2c(c(-c3ccc4c(=O)[nH]ccc4c3)n1)CCC2. The van der Waals surface area contributed by atoms with Crippen molar-refractivity contribution in [3.8, 4) is 11.3 Å². The number of benzene rings is 1. The number of hydrogen-bond donors (Lipinski definition) is 2. The Morgan fingerprint density at radius 1 is 1.23 bits per heavy atom. The lowest BCUT2D eigenvalue weighted by Gasteiger charge is -2.43. The Morgan fingerprint density at radius 2 is 2.12 bits per heavy atom. The van der Waals surface area contributed by atoms with E-state index >= 15 is 0 Å². The number of pyridine rings is 1. The zero-order chi connectivity index (χ0) is 17.8. The Labute approximate surface area is 150 Å². The van der Waals surface area contributed by atoms with Crippen LogP contribution < -0.4 is 10.5 Å². The molecule has 0 unspecified atom stereocenters. The average Bonchev–Trinajstić information content (AvgIpc) is 3.13. The minimum Gasteiger partial charge on any atom is -0.389 e. The summed E-state index contributed by atoms with van der Waals surface area (Å²) in [7, 11) is 0. The van der Waals surface area contributed by atoms with Crippen molar-refractivity contribution in [3.63, 3.8) is 0 Å². The van der Waals surface area contributed by atoms with E-state index in [9.17, 15) is 9.90 Å². The quantitative estimate of drug-likeness (QED) is 0.741. The summed E-state index contributed by atoms with van der Waals surface area (Å²) < 4.78 is 0. The number of aromatic nitrogens is 3. The number of anilines is 1. The molecule has 0 amide bonds. The van der Waals surface area contributed by atoms with Crippen molar-refractivity contribution in [3.05, 3.63) is 52.1 Å². The summed E-state index contributed by atoms with van der Waals surface area (Å²) in [5.41, 5.74) is 4.22. The maximum Gasteiger partial charge on any atom is 0.255 e. The second-order valence-electron chi connectivity index (χ2n) is 7.22. The molecule has 1 fully saturated rings. The molecule has 0 radical (unpaired) electrons. The number of H-pyrrole nitrogens is 1. The predicted octanol–water partition coefficient (Wildman–Crippen LogP) is 2.04. The minimum absolute atomic E-state index is 0.0393. The van der Waals surface area contributed by atoms with Gasteiger partial charge in [-0.15, -0.1) is 0 Å². The van der Waals surface area contributed by atoms with Gasteiger partial charge in [0.05, 0.1) is 17.8 Å². The zero-order valence-corrected chi connectivity index (χ0v) is 14.6. The molecule has 5 rings (SSSR count). The van der Waals surface area contributed by atoms with Gasteiger partial charge in [0.25, 0.3) is 5.56 Å². The fraction of sp³-hybridized carbons (Fsp3) is 0.350. The van der Waals surface area contributed by atoms with Crippen molar-refractivity contribution in [2.45, 2.75) is 38.3 Å². The molecule has 0 saturated carbocycles. The highest BCUT2D eigenvalue weighted by atomic mass is 16.3. The van der Waals surface area contributed by atoms with Gasteiger partial charge >= 0.3 is 0 Å². The lowest BCUT2D eigenvalue weighted by molar-refractivity contribution is 0.0979. The normalized spacial score (nSPS) is 21.7. The first kappa shape index (κ1) is 15.5. The van der Waals surface area contributed by atoms with Crippen LogP contribution in [0.15, 0.2) is 35.3 Å². The molecule has 6 nitrogen and oxygen atoms in total. The maximum absolute atomic E-state index is 12.0. The average molecular weight is 348 g/mol. The molecule has 132 valence electrons. The van der Waals surface area contributed by atoms with E-state index in [-0.39, 0.29) is 17.7 Å². The highest BCUT2D eigenvalue weighted by molar-refractivity contribution is 5.86. The van der Waals surface area contributed by atoms with Gasteiger partial charge in [-0.05, 0) is 49.8 Å². The summed E-state index contributed by atoms with van der Waals surface area (Å²) >= 11 is 0. The molecule has 2 aliphatic rings. The van der Waals surface area contributed by atoms with E-state index in [0.29, 0.717) is 17.9 Å². The van der Waals surface area contributed by atoms with Gasteiger partial charge in [0.1, 0.15) is 0 Å². The number of nitrogens with one attached hydrogen (secondary N) is 1. The largest absolute Gasteiger partial charge is 0.389 e. The van der Waals surface area contributed by atoms with Crippen LogP contribution in [0.25, 0.3) is 22.0 Å². The summed E-state index contributed by atoms with van der Waals surface area (Å²) in [6.45, 7) is 2.57. The standard InChI is InChI=1S/C20H20N4O2/c1-11-17(25)10-24(11)20-22-16-4-2-3-15(16)18(23-20)13-5-6-14-12(9-13)7-8-21-19(14)26/h5-9,11,17,25H,2-4,10H2,1H3,(H,21,26)/t11-,17+/m0/s1. The first-order chi connectivity index (χ1) is 12.6. The van der Waals surface area contributed by atoms with Gasteiger partial charge in [-0.25, -0.2) is 9.97 Å². The van der Waals surface area contributed by atoms with Crippen LogP contribution in [-0.4, -0.2) is 38.7 Å². The van der Waals surface area contributed by atoms with E-state index in [0.717, 1.165) is 41.6 Å². The van der Waals surface area contributed by atoms with Crippen LogP contribution in [0.5, 0.6) is 0 Å². The Morgan fingerprint density at radius 3 is 2.92 bits per heavy atom. The lowest BCUT2D eigenvalue weighted by Crippen LogP contribution is -2.59.